The molecule has 21 heavy (non-hydrogen) atoms. The van der Waals surface area contributed by atoms with Crippen molar-refractivity contribution in [2.75, 3.05) is 17.7 Å². The van der Waals surface area contributed by atoms with E-state index in [0.29, 0.717) is 5.95 Å². The molecule has 4 heteroatoms. The first-order valence-electron chi connectivity index (χ1n) is 6.72. The lowest BCUT2D eigenvalue weighted by molar-refractivity contribution is 1.05. The molecule has 0 aliphatic heterocycles. The Kier molecular flexibility index (Phi) is 3.51. The zero-order chi connectivity index (χ0) is 14.7. The second-order valence-electron chi connectivity index (χ2n) is 4.76. The van der Waals surface area contributed by atoms with E-state index in [1.165, 1.54) is 0 Å². The third-order valence-electron chi connectivity index (χ3n) is 3.29. The molecule has 0 radical (unpaired) electrons. The van der Waals surface area contributed by atoms with Gasteiger partial charge in [0.05, 0.1) is 5.69 Å². The molecule has 0 fully saturated rings. The number of nitrogens with two attached hydrogens (primary N) is 1. The van der Waals surface area contributed by atoms with Gasteiger partial charge in [-0.25, -0.2) is 9.97 Å². The van der Waals surface area contributed by atoms with Gasteiger partial charge in [-0.3, -0.25) is 0 Å². The van der Waals surface area contributed by atoms with Crippen molar-refractivity contribution in [3.05, 3.63) is 66.9 Å². The molecule has 3 rings (SSSR count). The highest BCUT2D eigenvalue weighted by Gasteiger charge is 2.08. The average molecular weight is 276 g/mol. The van der Waals surface area contributed by atoms with Gasteiger partial charge in [-0.05, 0) is 30.3 Å². The van der Waals surface area contributed by atoms with Crippen molar-refractivity contribution in [3.63, 3.8) is 0 Å². The van der Waals surface area contributed by atoms with Crippen molar-refractivity contribution >= 4 is 17.3 Å². The Hall–Kier alpha value is -2.88. The van der Waals surface area contributed by atoms with E-state index in [1.54, 1.807) is 6.20 Å². The zero-order valence-electron chi connectivity index (χ0n) is 11.8. The summed E-state index contributed by atoms with van der Waals surface area (Å²) in [5, 5.41) is 0. The number of nitrogen functional groups attached to an aromatic ring is 1. The van der Waals surface area contributed by atoms with Gasteiger partial charge in [-0.15, -0.1) is 0 Å². The summed E-state index contributed by atoms with van der Waals surface area (Å²) in [5.74, 6) is 0.654. The van der Waals surface area contributed by atoms with Gasteiger partial charge in [0.25, 0.3) is 0 Å². The fourth-order valence-electron chi connectivity index (χ4n) is 2.09. The maximum atomic E-state index is 5.72. The van der Waals surface area contributed by atoms with Crippen LogP contribution >= 0.6 is 0 Å². The van der Waals surface area contributed by atoms with Crippen molar-refractivity contribution in [1.82, 2.24) is 9.97 Å². The van der Waals surface area contributed by atoms with Crippen LogP contribution in [0, 0.1) is 0 Å². The van der Waals surface area contributed by atoms with Gasteiger partial charge in [-0.1, -0.05) is 30.3 Å². The summed E-state index contributed by atoms with van der Waals surface area (Å²) in [7, 11) is 1.94. The SMILES string of the molecule is CN(c1ccc(N)cc1)c1nccc(-c2ccccc2)n1. The lowest BCUT2D eigenvalue weighted by Crippen LogP contribution is -2.13. The fourth-order valence-corrected chi connectivity index (χ4v) is 2.09. The molecule has 1 heterocycles. The number of aromatic nitrogens is 2. The number of hydrogen-bond acceptors (Lipinski definition) is 4. The lowest BCUT2D eigenvalue weighted by Gasteiger charge is -2.17. The fraction of sp³-hybridized carbons (Fsp3) is 0.0588. The summed E-state index contributed by atoms with van der Waals surface area (Å²) in [6.45, 7) is 0. The minimum absolute atomic E-state index is 0.654. The molecular formula is C17H16N4. The molecule has 0 spiro atoms. The van der Waals surface area contributed by atoms with Gasteiger partial charge in [0.1, 0.15) is 0 Å². The molecule has 0 amide bonds. The van der Waals surface area contributed by atoms with Crippen LogP contribution in [0.15, 0.2) is 66.9 Å². The summed E-state index contributed by atoms with van der Waals surface area (Å²) in [6, 6.07) is 19.6. The Labute approximate surface area is 123 Å². The van der Waals surface area contributed by atoms with Gasteiger partial charge in [0.2, 0.25) is 5.95 Å². The molecule has 0 saturated heterocycles. The number of rotatable bonds is 3. The monoisotopic (exact) mass is 276 g/mol. The number of hydrogen-bond donors (Lipinski definition) is 1. The lowest BCUT2D eigenvalue weighted by atomic mass is 10.1. The average Bonchev–Trinajstić information content (AvgIpc) is 2.56. The molecule has 4 nitrogen and oxygen atoms in total. The topological polar surface area (TPSA) is 55.0 Å². The van der Waals surface area contributed by atoms with Crippen molar-refractivity contribution < 1.29 is 0 Å². The predicted molar refractivity (Wildman–Crippen MR) is 86.4 cm³/mol. The van der Waals surface area contributed by atoms with E-state index in [2.05, 4.69) is 9.97 Å². The maximum absolute atomic E-state index is 5.72. The van der Waals surface area contributed by atoms with E-state index in [-0.39, 0.29) is 0 Å². The number of benzene rings is 2. The standard InChI is InChI=1S/C17H16N4/c1-21(15-9-7-14(18)8-10-15)17-19-12-11-16(20-17)13-5-3-2-4-6-13/h2-12H,18H2,1H3. The molecular weight excluding hydrogens is 260 g/mol. The van der Waals surface area contributed by atoms with E-state index >= 15 is 0 Å². The van der Waals surface area contributed by atoms with Crippen LogP contribution in [0.25, 0.3) is 11.3 Å². The highest BCUT2D eigenvalue weighted by atomic mass is 15.2. The van der Waals surface area contributed by atoms with Crippen LogP contribution in [0.4, 0.5) is 17.3 Å². The minimum Gasteiger partial charge on any atom is -0.399 e. The van der Waals surface area contributed by atoms with Crippen LogP contribution < -0.4 is 10.6 Å². The highest BCUT2D eigenvalue weighted by molar-refractivity contribution is 5.63. The molecule has 2 aromatic carbocycles. The molecule has 0 aliphatic rings. The molecule has 0 saturated carbocycles. The van der Waals surface area contributed by atoms with Gasteiger partial charge < -0.3 is 10.6 Å². The predicted octanol–water partition coefficient (Wildman–Crippen LogP) is 3.49. The van der Waals surface area contributed by atoms with E-state index in [0.717, 1.165) is 22.6 Å². The summed E-state index contributed by atoms with van der Waals surface area (Å²) < 4.78 is 0. The smallest absolute Gasteiger partial charge is 0.230 e. The molecule has 104 valence electrons. The van der Waals surface area contributed by atoms with E-state index < -0.39 is 0 Å². The Morgan fingerprint density at radius 3 is 2.33 bits per heavy atom. The minimum atomic E-state index is 0.654. The van der Waals surface area contributed by atoms with E-state index in [1.807, 2.05) is 72.6 Å². The Balaban J connectivity index is 1.94. The van der Waals surface area contributed by atoms with Crippen molar-refractivity contribution in [3.8, 4) is 11.3 Å². The van der Waals surface area contributed by atoms with Gasteiger partial charge >= 0.3 is 0 Å². The highest BCUT2D eigenvalue weighted by Crippen LogP contribution is 2.23. The van der Waals surface area contributed by atoms with Crippen LogP contribution in [0.5, 0.6) is 0 Å². The molecule has 0 bridgehead atoms. The Morgan fingerprint density at radius 2 is 1.62 bits per heavy atom. The molecule has 3 aromatic rings. The zero-order valence-corrected chi connectivity index (χ0v) is 11.8. The normalized spacial score (nSPS) is 10.3. The first-order valence-corrected chi connectivity index (χ1v) is 6.72. The van der Waals surface area contributed by atoms with Crippen LogP contribution in [0.1, 0.15) is 0 Å². The second kappa shape index (κ2) is 5.63. The van der Waals surface area contributed by atoms with Crippen molar-refractivity contribution in [1.29, 1.82) is 0 Å². The van der Waals surface area contributed by atoms with Crippen molar-refractivity contribution in [2.45, 2.75) is 0 Å². The first-order chi connectivity index (χ1) is 10.2. The number of anilines is 3. The van der Waals surface area contributed by atoms with Crippen LogP contribution in [-0.2, 0) is 0 Å². The molecule has 2 N–H and O–H groups in total. The molecule has 1 aromatic heterocycles. The quantitative estimate of drug-likeness (QED) is 0.744. The number of nitrogens with zero attached hydrogens (tertiary/aromatic N) is 3. The molecule has 0 unspecified atom stereocenters. The van der Waals surface area contributed by atoms with Crippen LogP contribution in [-0.4, -0.2) is 17.0 Å². The Morgan fingerprint density at radius 1 is 0.905 bits per heavy atom. The summed E-state index contributed by atoms with van der Waals surface area (Å²) >= 11 is 0. The van der Waals surface area contributed by atoms with Gasteiger partial charge in [0.15, 0.2) is 0 Å². The molecule has 0 aliphatic carbocycles. The Bertz CT molecular complexity index is 723. The maximum Gasteiger partial charge on any atom is 0.230 e. The van der Waals surface area contributed by atoms with Gasteiger partial charge in [0, 0.05) is 30.2 Å². The summed E-state index contributed by atoms with van der Waals surface area (Å²) in [4.78, 5) is 10.9. The third-order valence-corrected chi connectivity index (χ3v) is 3.29. The van der Waals surface area contributed by atoms with E-state index in [4.69, 9.17) is 5.73 Å². The third kappa shape index (κ3) is 2.84. The van der Waals surface area contributed by atoms with Crippen molar-refractivity contribution in [2.24, 2.45) is 0 Å². The largest absolute Gasteiger partial charge is 0.399 e. The second-order valence-corrected chi connectivity index (χ2v) is 4.76. The van der Waals surface area contributed by atoms with Crippen LogP contribution in [0.2, 0.25) is 0 Å². The van der Waals surface area contributed by atoms with Crippen LogP contribution in [0.3, 0.4) is 0 Å². The first kappa shape index (κ1) is 13.1. The molecule has 0 atom stereocenters. The summed E-state index contributed by atoms with van der Waals surface area (Å²) in [6.07, 6.45) is 1.78. The van der Waals surface area contributed by atoms with E-state index in [9.17, 15) is 0 Å². The summed E-state index contributed by atoms with van der Waals surface area (Å²) in [5.41, 5.74) is 9.43. The van der Waals surface area contributed by atoms with Gasteiger partial charge in [-0.2, -0.15) is 0 Å².